The van der Waals surface area contributed by atoms with E-state index in [4.69, 9.17) is 11.6 Å². The minimum Gasteiger partial charge on any atom is -0.353 e. The van der Waals surface area contributed by atoms with Crippen LogP contribution in [0.15, 0.2) is 30.5 Å². The second-order valence-corrected chi connectivity index (χ2v) is 8.26. The number of rotatable bonds is 4. The van der Waals surface area contributed by atoms with E-state index in [0.717, 1.165) is 30.9 Å². The molecule has 0 aromatic carbocycles. The van der Waals surface area contributed by atoms with E-state index in [0.29, 0.717) is 37.6 Å². The van der Waals surface area contributed by atoms with Crippen molar-refractivity contribution in [2.45, 2.75) is 19.0 Å². The van der Waals surface area contributed by atoms with Crippen molar-refractivity contribution in [3.05, 3.63) is 41.0 Å². The Balaban J connectivity index is 1.31. The van der Waals surface area contributed by atoms with Gasteiger partial charge in [0.2, 0.25) is 11.9 Å². The van der Waals surface area contributed by atoms with Gasteiger partial charge < -0.3 is 9.80 Å². The minimum atomic E-state index is -4.48. The normalized spacial score (nSPS) is 17.1. The molecule has 3 aromatic rings. The highest BCUT2D eigenvalue weighted by atomic mass is 35.5. The molecule has 0 radical (unpaired) electrons. The predicted octanol–water partition coefficient (Wildman–Crippen LogP) is 3.47. The highest BCUT2D eigenvalue weighted by Gasteiger charge is 2.33. The molecule has 1 aliphatic heterocycles. The molecule has 1 aliphatic carbocycles. The van der Waals surface area contributed by atoms with E-state index in [1.54, 1.807) is 4.52 Å². The quantitative estimate of drug-likeness (QED) is 0.635. The average Bonchev–Trinajstić information content (AvgIpc) is 3.53. The number of hydrogen-bond donors (Lipinski definition) is 1. The van der Waals surface area contributed by atoms with Crippen LogP contribution in [0.4, 0.5) is 30.8 Å². The standard InChI is InChI=1S/C20H19ClF3N7O/c21-14-10-13(20(22,23)24)11-25-17(14)30-8-6-29(7-9-30)16-3-1-2-15-26-19(28-31(15)16)27-18(32)12-4-5-12/h1-3,10-12H,4-9H2,(H,27,28,32). The number of piperazine rings is 1. The SMILES string of the molecule is O=C(Nc1nc2cccc(N3CCN(c4ncc(C(F)(F)F)cc4Cl)CC3)n2n1)C1CC1. The molecule has 32 heavy (non-hydrogen) atoms. The maximum absolute atomic E-state index is 12.9. The molecule has 1 saturated carbocycles. The lowest BCUT2D eigenvalue weighted by Gasteiger charge is -2.36. The van der Waals surface area contributed by atoms with Gasteiger partial charge in [0, 0.05) is 38.3 Å². The fourth-order valence-corrected chi connectivity index (χ4v) is 3.99. The molecule has 0 bridgehead atoms. The fourth-order valence-electron chi connectivity index (χ4n) is 3.71. The van der Waals surface area contributed by atoms with E-state index in [1.165, 1.54) is 0 Å². The Kier molecular flexibility index (Phi) is 5.07. The Morgan fingerprint density at radius 3 is 2.50 bits per heavy atom. The number of nitrogens with one attached hydrogen (secondary N) is 1. The minimum absolute atomic E-state index is 0.0253. The molecule has 5 rings (SSSR count). The summed E-state index contributed by atoms with van der Waals surface area (Å²) in [6.45, 7) is 2.21. The molecule has 1 N–H and O–H groups in total. The van der Waals surface area contributed by atoms with E-state index in [2.05, 4.69) is 25.3 Å². The van der Waals surface area contributed by atoms with Gasteiger partial charge in [-0.2, -0.15) is 22.7 Å². The zero-order chi connectivity index (χ0) is 22.5. The van der Waals surface area contributed by atoms with E-state index in [-0.39, 0.29) is 22.8 Å². The summed E-state index contributed by atoms with van der Waals surface area (Å²) in [6, 6.07) is 6.50. The maximum atomic E-state index is 12.9. The first-order chi connectivity index (χ1) is 15.3. The van der Waals surface area contributed by atoms with Crippen LogP contribution in [-0.2, 0) is 11.0 Å². The van der Waals surface area contributed by atoms with Crippen LogP contribution in [0.1, 0.15) is 18.4 Å². The van der Waals surface area contributed by atoms with Crippen LogP contribution in [0.3, 0.4) is 0 Å². The second-order valence-electron chi connectivity index (χ2n) is 7.85. The summed E-state index contributed by atoms with van der Waals surface area (Å²) < 4.78 is 40.3. The second kappa shape index (κ2) is 7.80. The molecule has 168 valence electrons. The van der Waals surface area contributed by atoms with Crippen LogP contribution in [0, 0.1) is 5.92 Å². The highest BCUT2D eigenvalue weighted by molar-refractivity contribution is 6.33. The summed E-state index contributed by atoms with van der Waals surface area (Å²) in [4.78, 5) is 24.3. The molecule has 1 saturated heterocycles. The number of anilines is 3. The van der Waals surface area contributed by atoms with Gasteiger partial charge in [-0.25, -0.2) is 4.98 Å². The van der Waals surface area contributed by atoms with Gasteiger partial charge in [-0.05, 0) is 31.0 Å². The van der Waals surface area contributed by atoms with Crippen LogP contribution >= 0.6 is 11.6 Å². The third-order valence-corrected chi connectivity index (χ3v) is 5.85. The summed E-state index contributed by atoms with van der Waals surface area (Å²) in [5.74, 6) is 1.42. The van der Waals surface area contributed by atoms with Gasteiger partial charge >= 0.3 is 6.18 Å². The Morgan fingerprint density at radius 1 is 1.12 bits per heavy atom. The first-order valence-corrected chi connectivity index (χ1v) is 10.6. The van der Waals surface area contributed by atoms with Crippen molar-refractivity contribution in [2.75, 3.05) is 41.3 Å². The monoisotopic (exact) mass is 465 g/mol. The van der Waals surface area contributed by atoms with Crippen LogP contribution in [0.25, 0.3) is 5.65 Å². The Morgan fingerprint density at radius 2 is 1.84 bits per heavy atom. The number of aromatic nitrogens is 4. The third-order valence-electron chi connectivity index (χ3n) is 5.58. The molecular weight excluding hydrogens is 447 g/mol. The molecule has 12 heteroatoms. The molecule has 3 aromatic heterocycles. The molecule has 1 amide bonds. The number of halogens is 4. The number of alkyl halides is 3. The molecule has 8 nitrogen and oxygen atoms in total. The van der Waals surface area contributed by atoms with E-state index >= 15 is 0 Å². The topological polar surface area (TPSA) is 78.7 Å². The number of carbonyl (C=O) groups excluding carboxylic acids is 1. The molecule has 2 aliphatic rings. The Hall–Kier alpha value is -3.08. The van der Waals surface area contributed by atoms with Crippen molar-refractivity contribution in [1.29, 1.82) is 0 Å². The van der Waals surface area contributed by atoms with Crippen molar-refractivity contribution < 1.29 is 18.0 Å². The first kappa shape index (κ1) is 20.8. The van der Waals surface area contributed by atoms with E-state index in [9.17, 15) is 18.0 Å². The lowest BCUT2D eigenvalue weighted by atomic mass is 10.2. The fraction of sp³-hybridized carbons (Fsp3) is 0.400. The smallest absolute Gasteiger partial charge is 0.353 e. The van der Waals surface area contributed by atoms with Crippen LogP contribution < -0.4 is 15.1 Å². The van der Waals surface area contributed by atoms with Gasteiger partial charge in [-0.15, -0.1) is 5.10 Å². The zero-order valence-electron chi connectivity index (χ0n) is 16.8. The molecule has 0 unspecified atom stereocenters. The van der Waals surface area contributed by atoms with Crippen molar-refractivity contribution in [3.63, 3.8) is 0 Å². The van der Waals surface area contributed by atoms with Crippen molar-refractivity contribution in [2.24, 2.45) is 5.92 Å². The number of nitrogens with zero attached hydrogens (tertiary/aromatic N) is 6. The summed E-state index contributed by atoms with van der Waals surface area (Å²) in [6.07, 6.45) is -1.89. The summed E-state index contributed by atoms with van der Waals surface area (Å²) in [7, 11) is 0. The number of carbonyl (C=O) groups is 1. The molecule has 4 heterocycles. The summed E-state index contributed by atoms with van der Waals surface area (Å²) in [5.41, 5.74) is -0.254. The van der Waals surface area contributed by atoms with Crippen LogP contribution in [-0.4, -0.2) is 51.7 Å². The lowest BCUT2D eigenvalue weighted by molar-refractivity contribution is -0.137. The van der Waals surface area contributed by atoms with Crippen LogP contribution in [0.2, 0.25) is 5.02 Å². The van der Waals surface area contributed by atoms with Crippen LogP contribution in [0.5, 0.6) is 0 Å². The van der Waals surface area contributed by atoms with E-state index < -0.39 is 11.7 Å². The zero-order valence-corrected chi connectivity index (χ0v) is 17.6. The van der Waals surface area contributed by atoms with Crippen molar-refractivity contribution in [3.8, 4) is 0 Å². The van der Waals surface area contributed by atoms with Gasteiger partial charge in [-0.3, -0.25) is 10.1 Å². The first-order valence-electron chi connectivity index (χ1n) is 10.2. The Labute approximate surface area is 186 Å². The van der Waals surface area contributed by atoms with Gasteiger partial charge in [0.1, 0.15) is 11.6 Å². The predicted molar refractivity (Wildman–Crippen MR) is 113 cm³/mol. The molecule has 2 fully saturated rings. The van der Waals surface area contributed by atoms with Gasteiger partial charge in [0.05, 0.1) is 10.6 Å². The highest BCUT2D eigenvalue weighted by Crippen LogP contribution is 2.34. The number of fused-ring (bicyclic) bond motifs is 1. The lowest BCUT2D eigenvalue weighted by Crippen LogP contribution is -2.47. The molecule has 0 atom stereocenters. The number of pyridine rings is 2. The molecular formula is C20H19ClF3N7O. The van der Waals surface area contributed by atoms with Gasteiger partial charge in [-0.1, -0.05) is 17.7 Å². The summed E-state index contributed by atoms with van der Waals surface area (Å²) >= 11 is 6.10. The van der Waals surface area contributed by atoms with E-state index in [1.807, 2.05) is 23.1 Å². The summed E-state index contributed by atoms with van der Waals surface area (Å²) in [5, 5.41) is 7.18. The van der Waals surface area contributed by atoms with Gasteiger partial charge in [0.15, 0.2) is 5.65 Å². The largest absolute Gasteiger partial charge is 0.417 e. The van der Waals surface area contributed by atoms with Crippen molar-refractivity contribution in [1.82, 2.24) is 19.6 Å². The molecule has 0 spiro atoms. The number of hydrogen-bond acceptors (Lipinski definition) is 6. The third kappa shape index (κ3) is 4.04. The maximum Gasteiger partial charge on any atom is 0.417 e. The number of amides is 1. The Bertz CT molecular complexity index is 1170. The van der Waals surface area contributed by atoms with Gasteiger partial charge in [0.25, 0.3) is 0 Å². The average molecular weight is 466 g/mol. The van der Waals surface area contributed by atoms with Crippen molar-refractivity contribution >= 4 is 40.7 Å².